The van der Waals surface area contributed by atoms with Gasteiger partial charge >= 0.3 is 0 Å². The topological polar surface area (TPSA) is 49.8 Å². The monoisotopic (exact) mass is 290 g/mol. The van der Waals surface area contributed by atoms with Crippen molar-refractivity contribution >= 4 is 28.9 Å². The lowest BCUT2D eigenvalue weighted by Gasteiger charge is -2.21. The quantitative estimate of drug-likeness (QED) is 0.664. The Morgan fingerprint density at radius 3 is 2.21 bits per heavy atom. The molecule has 2 aromatic carbocycles. The van der Waals surface area contributed by atoms with Gasteiger partial charge in [-0.1, -0.05) is 47.5 Å². The van der Waals surface area contributed by atoms with Crippen LogP contribution in [0.5, 0.6) is 0 Å². The second-order valence-electron chi connectivity index (χ2n) is 4.35. The SMILES string of the molecule is Cc1cc(C(Cl)(C#N)c2ccc(Cl)cc2)ccc1N. The lowest BCUT2D eigenvalue weighted by Crippen LogP contribution is -2.18. The van der Waals surface area contributed by atoms with Gasteiger partial charge in [-0.05, 0) is 41.8 Å². The van der Waals surface area contributed by atoms with E-state index in [1.807, 2.05) is 13.0 Å². The Bertz CT molecular complexity index is 644. The van der Waals surface area contributed by atoms with Gasteiger partial charge in [0.2, 0.25) is 0 Å². The average molecular weight is 291 g/mol. The van der Waals surface area contributed by atoms with Crippen LogP contribution in [0.25, 0.3) is 0 Å². The molecule has 0 saturated carbocycles. The third kappa shape index (κ3) is 2.53. The molecule has 2 aromatic rings. The average Bonchev–Trinajstić information content (AvgIpc) is 2.42. The summed E-state index contributed by atoms with van der Waals surface area (Å²) in [5, 5.41) is 10.1. The Balaban J connectivity index is 2.56. The van der Waals surface area contributed by atoms with E-state index in [0.717, 1.165) is 5.56 Å². The summed E-state index contributed by atoms with van der Waals surface area (Å²) in [6, 6.07) is 14.5. The molecule has 0 aliphatic heterocycles. The molecule has 0 aliphatic rings. The van der Waals surface area contributed by atoms with E-state index in [2.05, 4.69) is 6.07 Å². The predicted octanol–water partition coefficient (Wildman–Crippen LogP) is 4.24. The first-order valence-corrected chi connectivity index (χ1v) is 6.46. The number of nitrogens with two attached hydrogens (primary N) is 1. The van der Waals surface area contributed by atoms with Crippen LogP contribution in [0.2, 0.25) is 5.02 Å². The van der Waals surface area contributed by atoms with Gasteiger partial charge in [0.15, 0.2) is 4.87 Å². The normalized spacial score (nSPS) is 13.6. The van der Waals surface area contributed by atoms with Crippen molar-refractivity contribution in [2.45, 2.75) is 11.8 Å². The fourth-order valence-electron chi connectivity index (χ4n) is 1.87. The number of nitrogen functional groups attached to an aromatic ring is 1. The Kier molecular flexibility index (Phi) is 3.71. The molecule has 2 rings (SSSR count). The molecule has 19 heavy (non-hydrogen) atoms. The van der Waals surface area contributed by atoms with Crippen LogP contribution in [0.3, 0.4) is 0 Å². The van der Waals surface area contributed by atoms with Crippen LogP contribution in [0.4, 0.5) is 5.69 Å². The predicted molar refractivity (Wildman–Crippen MR) is 79.3 cm³/mol. The molecule has 1 atom stereocenters. The van der Waals surface area contributed by atoms with Crippen molar-refractivity contribution < 1.29 is 0 Å². The second-order valence-corrected chi connectivity index (χ2v) is 5.35. The van der Waals surface area contributed by atoms with E-state index in [-0.39, 0.29) is 0 Å². The smallest absolute Gasteiger partial charge is 0.180 e. The van der Waals surface area contributed by atoms with Crippen LogP contribution in [-0.2, 0) is 4.87 Å². The highest BCUT2D eigenvalue weighted by Gasteiger charge is 2.32. The van der Waals surface area contributed by atoms with E-state index >= 15 is 0 Å². The number of alkyl halides is 1. The summed E-state index contributed by atoms with van der Waals surface area (Å²) in [7, 11) is 0. The largest absolute Gasteiger partial charge is 0.399 e. The van der Waals surface area contributed by atoms with Gasteiger partial charge in [0.1, 0.15) is 0 Å². The maximum Gasteiger partial charge on any atom is 0.180 e. The van der Waals surface area contributed by atoms with Crippen LogP contribution in [0.1, 0.15) is 16.7 Å². The van der Waals surface area contributed by atoms with Crippen molar-refractivity contribution in [2.24, 2.45) is 0 Å². The maximum atomic E-state index is 9.48. The standard InChI is InChI=1S/C15H12Cl2N2/c1-10-8-12(4-7-14(10)19)15(17,9-18)11-2-5-13(16)6-3-11/h2-8H,19H2,1H3. The van der Waals surface area contributed by atoms with E-state index in [0.29, 0.717) is 21.8 Å². The molecule has 4 heteroatoms. The molecule has 0 spiro atoms. The van der Waals surface area contributed by atoms with Crippen molar-refractivity contribution in [1.82, 2.24) is 0 Å². The summed E-state index contributed by atoms with van der Waals surface area (Å²) in [4.78, 5) is -1.23. The van der Waals surface area contributed by atoms with Crippen molar-refractivity contribution in [1.29, 1.82) is 5.26 Å². The molecule has 0 bridgehead atoms. The van der Waals surface area contributed by atoms with E-state index < -0.39 is 4.87 Å². The molecule has 0 fully saturated rings. The Morgan fingerprint density at radius 1 is 1.11 bits per heavy atom. The summed E-state index contributed by atoms with van der Waals surface area (Å²) in [5.74, 6) is 0. The Hall–Kier alpha value is -1.69. The van der Waals surface area contributed by atoms with Gasteiger partial charge in [0, 0.05) is 10.7 Å². The molecule has 0 heterocycles. The molecule has 0 aromatic heterocycles. The molecule has 1 unspecified atom stereocenters. The molecular formula is C15H12Cl2N2. The van der Waals surface area contributed by atoms with Gasteiger partial charge in [-0.3, -0.25) is 0 Å². The van der Waals surface area contributed by atoms with Crippen LogP contribution in [-0.4, -0.2) is 0 Å². The minimum atomic E-state index is -1.23. The molecule has 0 amide bonds. The van der Waals surface area contributed by atoms with Crippen LogP contribution in [0, 0.1) is 18.3 Å². The first-order chi connectivity index (χ1) is 8.97. The lowest BCUT2D eigenvalue weighted by molar-refractivity contribution is 0.936. The Labute approximate surface area is 122 Å². The number of benzene rings is 2. The van der Waals surface area contributed by atoms with E-state index in [1.165, 1.54) is 0 Å². The molecule has 0 aliphatic carbocycles. The summed E-state index contributed by atoms with van der Waals surface area (Å²) in [6.45, 7) is 1.88. The zero-order chi connectivity index (χ0) is 14.0. The fourth-order valence-corrected chi connectivity index (χ4v) is 2.23. The van der Waals surface area contributed by atoms with Crippen LogP contribution in [0.15, 0.2) is 42.5 Å². The molecule has 96 valence electrons. The van der Waals surface area contributed by atoms with Gasteiger partial charge < -0.3 is 5.73 Å². The fraction of sp³-hybridized carbons (Fsp3) is 0.133. The van der Waals surface area contributed by atoms with Gasteiger partial charge in [0.25, 0.3) is 0 Å². The number of halogens is 2. The highest BCUT2D eigenvalue weighted by atomic mass is 35.5. The minimum Gasteiger partial charge on any atom is -0.399 e. The summed E-state index contributed by atoms with van der Waals surface area (Å²) in [6.07, 6.45) is 0. The number of rotatable bonds is 2. The van der Waals surface area contributed by atoms with E-state index in [9.17, 15) is 5.26 Å². The summed E-state index contributed by atoms with van der Waals surface area (Å²) >= 11 is 12.4. The summed E-state index contributed by atoms with van der Waals surface area (Å²) < 4.78 is 0. The number of hydrogen-bond acceptors (Lipinski definition) is 2. The van der Waals surface area contributed by atoms with Gasteiger partial charge in [-0.2, -0.15) is 5.26 Å². The van der Waals surface area contributed by atoms with E-state index in [1.54, 1.807) is 36.4 Å². The number of nitrogens with zero attached hydrogens (tertiary/aromatic N) is 1. The summed E-state index contributed by atoms with van der Waals surface area (Å²) in [5.41, 5.74) is 8.75. The highest BCUT2D eigenvalue weighted by Crippen LogP contribution is 2.37. The second kappa shape index (κ2) is 5.13. The number of hydrogen-bond donors (Lipinski definition) is 1. The van der Waals surface area contributed by atoms with Crippen molar-refractivity contribution in [3.05, 3.63) is 64.2 Å². The van der Waals surface area contributed by atoms with Crippen molar-refractivity contribution in [2.75, 3.05) is 5.73 Å². The lowest BCUT2D eigenvalue weighted by atomic mass is 9.90. The zero-order valence-electron chi connectivity index (χ0n) is 10.3. The molecular weight excluding hydrogens is 279 g/mol. The minimum absolute atomic E-state index is 0.606. The first kappa shape index (κ1) is 13.7. The van der Waals surface area contributed by atoms with Crippen molar-refractivity contribution in [3.8, 4) is 6.07 Å². The van der Waals surface area contributed by atoms with Crippen LogP contribution < -0.4 is 5.73 Å². The molecule has 2 N–H and O–H groups in total. The Morgan fingerprint density at radius 2 is 1.68 bits per heavy atom. The van der Waals surface area contributed by atoms with Gasteiger partial charge in [-0.25, -0.2) is 0 Å². The van der Waals surface area contributed by atoms with Crippen LogP contribution >= 0.6 is 23.2 Å². The zero-order valence-corrected chi connectivity index (χ0v) is 11.8. The first-order valence-electron chi connectivity index (χ1n) is 5.70. The van der Waals surface area contributed by atoms with Gasteiger partial charge in [0.05, 0.1) is 6.07 Å². The number of nitriles is 1. The molecule has 0 radical (unpaired) electrons. The maximum absolute atomic E-state index is 9.48. The highest BCUT2D eigenvalue weighted by molar-refractivity contribution is 6.31. The third-order valence-electron chi connectivity index (χ3n) is 3.06. The third-order valence-corrected chi connectivity index (χ3v) is 3.84. The molecule has 0 saturated heterocycles. The number of anilines is 1. The van der Waals surface area contributed by atoms with E-state index in [4.69, 9.17) is 28.9 Å². The number of aryl methyl sites for hydroxylation is 1. The van der Waals surface area contributed by atoms with Gasteiger partial charge in [-0.15, -0.1) is 0 Å². The van der Waals surface area contributed by atoms with Crippen molar-refractivity contribution in [3.63, 3.8) is 0 Å². The molecule has 2 nitrogen and oxygen atoms in total.